The van der Waals surface area contributed by atoms with Crippen molar-refractivity contribution in [2.75, 3.05) is 5.32 Å². The lowest BCUT2D eigenvalue weighted by Crippen LogP contribution is -2.13. The Morgan fingerprint density at radius 3 is 2.54 bits per heavy atom. The topological polar surface area (TPSA) is 59.8 Å². The third-order valence-corrected chi connectivity index (χ3v) is 4.76. The molecule has 0 atom stereocenters. The first kappa shape index (κ1) is 18.1. The van der Waals surface area contributed by atoms with Crippen LogP contribution in [0.1, 0.15) is 32.3 Å². The second-order valence-corrected chi connectivity index (χ2v) is 6.76. The number of carbonyl (C=O) groups is 1. The predicted molar refractivity (Wildman–Crippen MR) is 92.8 cm³/mol. The van der Waals surface area contributed by atoms with Crippen molar-refractivity contribution in [3.05, 3.63) is 57.9 Å². The third-order valence-electron chi connectivity index (χ3n) is 3.63. The lowest BCUT2D eigenvalue weighted by molar-refractivity contribution is -0.137. The summed E-state index contributed by atoms with van der Waals surface area (Å²) in [5.41, 5.74) is 1.44. The van der Waals surface area contributed by atoms with E-state index in [4.69, 9.17) is 0 Å². The van der Waals surface area contributed by atoms with Crippen LogP contribution in [-0.4, -0.2) is 20.7 Å². The average molecular weight is 380 g/mol. The maximum Gasteiger partial charge on any atom is 0.416 e. The summed E-state index contributed by atoms with van der Waals surface area (Å²) in [5, 5.41) is 7.35. The van der Waals surface area contributed by atoms with Gasteiger partial charge in [-0.15, -0.1) is 0 Å². The number of aromatic nitrogens is 3. The van der Waals surface area contributed by atoms with Gasteiger partial charge in [-0.2, -0.15) is 18.3 Å². The summed E-state index contributed by atoms with van der Waals surface area (Å²) in [7, 11) is 0. The van der Waals surface area contributed by atoms with E-state index in [9.17, 15) is 18.0 Å². The zero-order valence-electron chi connectivity index (χ0n) is 14.2. The standard InChI is InChI=1S/C17H15F3N4OS/c1-9-7-10(2)24(23-9)16-21-11(3)14(26-16)15(25)22-13-6-4-5-12(8-13)17(18,19)20/h4-8H,1-3H3,(H,22,25). The summed E-state index contributed by atoms with van der Waals surface area (Å²) in [6, 6.07) is 6.40. The van der Waals surface area contributed by atoms with Gasteiger partial charge in [-0.05, 0) is 45.0 Å². The summed E-state index contributed by atoms with van der Waals surface area (Å²) in [5.74, 6) is -0.507. The van der Waals surface area contributed by atoms with E-state index in [0.717, 1.165) is 34.9 Å². The summed E-state index contributed by atoms with van der Waals surface area (Å²) < 4.78 is 40.0. The van der Waals surface area contributed by atoms with Gasteiger partial charge in [0.2, 0.25) is 5.13 Å². The highest BCUT2D eigenvalue weighted by atomic mass is 32.1. The molecule has 3 aromatic rings. The molecule has 0 saturated carbocycles. The number of halogens is 3. The summed E-state index contributed by atoms with van der Waals surface area (Å²) in [4.78, 5) is 17.2. The predicted octanol–water partition coefficient (Wildman–Crippen LogP) is 4.53. The minimum Gasteiger partial charge on any atom is -0.321 e. The molecular weight excluding hydrogens is 365 g/mol. The van der Waals surface area contributed by atoms with Gasteiger partial charge in [0.25, 0.3) is 5.91 Å². The van der Waals surface area contributed by atoms with E-state index in [0.29, 0.717) is 15.7 Å². The molecule has 0 saturated heterocycles. The Kier molecular flexibility index (Phi) is 4.57. The molecule has 0 aliphatic rings. The number of anilines is 1. The number of hydrogen-bond acceptors (Lipinski definition) is 4. The Morgan fingerprint density at radius 1 is 1.19 bits per heavy atom. The van der Waals surface area contributed by atoms with Crippen molar-refractivity contribution >= 4 is 22.9 Å². The maximum absolute atomic E-state index is 12.8. The zero-order chi connectivity index (χ0) is 19.1. The molecule has 0 radical (unpaired) electrons. The van der Waals surface area contributed by atoms with Crippen LogP contribution in [0, 0.1) is 20.8 Å². The van der Waals surface area contributed by atoms with Gasteiger partial charge >= 0.3 is 6.18 Å². The van der Waals surface area contributed by atoms with E-state index in [1.54, 1.807) is 11.6 Å². The molecule has 26 heavy (non-hydrogen) atoms. The van der Waals surface area contributed by atoms with E-state index in [1.807, 2.05) is 19.9 Å². The van der Waals surface area contributed by atoms with Gasteiger partial charge in [0, 0.05) is 11.4 Å². The van der Waals surface area contributed by atoms with Crippen LogP contribution in [0.25, 0.3) is 5.13 Å². The quantitative estimate of drug-likeness (QED) is 0.727. The molecule has 3 rings (SSSR count). The fraction of sp³-hybridized carbons (Fsp3) is 0.235. The summed E-state index contributed by atoms with van der Waals surface area (Å²) in [6.45, 7) is 5.40. The molecule has 1 amide bonds. The molecule has 0 spiro atoms. The van der Waals surface area contributed by atoms with Gasteiger partial charge in [0.05, 0.1) is 17.0 Å². The highest BCUT2D eigenvalue weighted by Gasteiger charge is 2.30. The van der Waals surface area contributed by atoms with Gasteiger partial charge in [-0.1, -0.05) is 17.4 Å². The van der Waals surface area contributed by atoms with E-state index in [-0.39, 0.29) is 5.69 Å². The Hall–Kier alpha value is -2.68. The SMILES string of the molecule is Cc1cc(C)n(-c2nc(C)c(C(=O)Nc3cccc(C(F)(F)F)c3)s2)n1. The highest BCUT2D eigenvalue weighted by Crippen LogP contribution is 2.31. The van der Waals surface area contributed by atoms with Crippen molar-refractivity contribution in [3.63, 3.8) is 0 Å². The van der Waals surface area contributed by atoms with Gasteiger partial charge in [0.15, 0.2) is 0 Å². The Bertz CT molecular complexity index is 975. The van der Waals surface area contributed by atoms with Crippen LogP contribution in [0.5, 0.6) is 0 Å². The maximum atomic E-state index is 12.8. The monoisotopic (exact) mass is 380 g/mol. The third kappa shape index (κ3) is 3.62. The van der Waals surface area contributed by atoms with Crippen molar-refractivity contribution in [2.24, 2.45) is 0 Å². The molecule has 136 valence electrons. The van der Waals surface area contributed by atoms with E-state index < -0.39 is 17.6 Å². The molecule has 0 fully saturated rings. The molecule has 9 heteroatoms. The number of nitrogens with one attached hydrogen (secondary N) is 1. The van der Waals surface area contributed by atoms with Crippen LogP contribution in [0.15, 0.2) is 30.3 Å². The molecular formula is C17H15F3N4OS. The minimum atomic E-state index is -4.47. The van der Waals surface area contributed by atoms with Crippen LogP contribution < -0.4 is 5.32 Å². The zero-order valence-corrected chi connectivity index (χ0v) is 15.0. The first-order valence-corrected chi connectivity index (χ1v) is 8.46. The summed E-state index contributed by atoms with van der Waals surface area (Å²) >= 11 is 1.13. The molecule has 2 heterocycles. The highest BCUT2D eigenvalue weighted by molar-refractivity contribution is 7.16. The van der Waals surface area contributed by atoms with Crippen molar-refractivity contribution in [2.45, 2.75) is 26.9 Å². The average Bonchev–Trinajstić information content (AvgIpc) is 3.08. The lowest BCUT2D eigenvalue weighted by atomic mass is 10.2. The second-order valence-electron chi connectivity index (χ2n) is 5.78. The smallest absolute Gasteiger partial charge is 0.321 e. The van der Waals surface area contributed by atoms with E-state index in [1.165, 1.54) is 12.1 Å². The Balaban J connectivity index is 1.86. The van der Waals surface area contributed by atoms with Crippen LogP contribution in [0.2, 0.25) is 0 Å². The van der Waals surface area contributed by atoms with Crippen LogP contribution in [-0.2, 0) is 6.18 Å². The number of rotatable bonds is 3. The number of thiazole rings is 1. The van der Waals surface area contributed by atoms with Crippen LogP contribution >= 0.6 is 11.3 Å². The molecule has 0 bridgehead atoms. The number of aryl methyl sites for hydroxylation is 3. The minimum absolute atomic E-state index is 0.0743. The first-order valence-electron chi connectivity index (χ1n) is 7.65. The Morgan fingerprint density at radius 2 is 1.92 bits per heavy atom. The molecule has 0 aliphatic carbocycles. The fourth-order valence-electron chi connectivity index (χ4n) is 2.47. The lowest BCUT2D eigenvalue weighted by Gasteiger charge is -2.09. The normalized spacial score (nSPS) is 11.6. The van der Waals surface area contributed by atoms with Crippen LogP contribution in [0.4, 0.5) is 18.9 Å². The summed E-state index contributed by atoms with van der Waals surface area (Å²) in [6.07, 6.45) is -4.47. The second kappa shape index (κ2) is 6.56. The number of amides is 1. The fourth-order valence-corrected chi connectivity index (χ4v) is 3.44. The first-order chi connectivity index (χ1) is 12.1. The van der Waals surface area contributed by atoms with Crippen molar-refractivity contribution in [3.8, 4) is 5.13 Å². The number of hydrogen-bond donors (Lipinski definition) is 1. The molecule has 0 aliphatic heterocycles. The molecule has 1 aromatic carbocycles. The van der Waals surface area contributed by atoms with Gasteiger partial charge in [-0.3, -0.25) is 4.79 Å². The van der Waals surface area contributed by atoms with Crippen molar-refractivity contribution < 1.29 is 18.0 Å². The van der Waals surface area contributed by atoms with Gasteiger partial charge in [0.1, 0.15) is 4.88 Å². The van der Waals surface area contributed by atoms with Crippen molar-refractivity contribution in [1.29, 1.82) is 0 Å². The number of carbonyl (C=O) groups excluding carboxylic acids is 1. The molecule has 1 N–H and O–H groups in total. The molecule has 5 nitrogen and oxygen atoms in total. The van der Waals surface area contributed by atoms with Crippen molar-refractivity contribution in [1.82, 2.24) is 14.8 Å². The molecule has 2 aromatic heterocycles. The molecule has 0 unspecified atom stereocenters. The largest absolute Gasteiger partial charge is 0.416 e. The number of nitrogens with zero attached hydrogens (tertiary/aromatic N) is 3. The van der Waals surface area contributed by atoms with Gasteiger partial charge in [-0.25, -0.2) is 9.67 Å². The number of benzene rings is 1. The van der Waals surface area contributed by atoms with Crippen LogP contribution in [0.3, 0.4) is 0 Å². The van der Waals surface area contributed by atoms with E-state index in [2.05, 4.69) is 15.4 Å². The number of alkyl halides is 3. The van der Waals surface area contributed by atoms with E-state index >= 15 is 0 Å². The Labute approximate surface area is 151 Å². The van der Waals surface area contributed by atoms with Gasteiger partial charge < -0.3 is 5.32 Å².